The van der Waals surface area contributed by atoms with E-state index in [0.29, 0.717) is 41.8 Å². The van der Waals surface area contributed by atoms with Gasteiger partial charge in [-0.2, -0.15) is 0 Å². The van der Waals surface area contributed by atoms with Gasteiger partial charge in [0.15, 0.2) is 11.5 Å². The van der Waals surface area contributed by atoms with E-state index in [4.69, 9.17) is 25.8 Å². The van der Waals surface area contributed by atoms with Crippen molar-refractivity contribution in [3.8, 4) is 11.5 Å². The maximum Gasteiger partial charge on any atom is 0.254 e. The highest BCUT2D eigenvalue weighted by atomic mass is 35.5. The number of ether oxygens (including phenoxy) is 3. The summed E-state index contributed by atoms with van der Waals surface area (Å²) in [6, 6.07) is 13.5. The maximum atomic E-state index is 13.7. The lowest BCUT2D eigenvalue weighted by atomic mass is 10.1. The minimum absolute atomic E-state index is 0.0144. The van der Waals surface area contributed by atoms with Crippen molar-refractivity contribution in [3.05, 3.63) is 58.6 Å². The number of hydrogen-bond donors (Lipinski definition) is 0. The standard InChI is InChI=1S/C24H29ClN2O4/c1-18(16-26-8-12-29-13-9-26)27(17-19-6-3-2-4-7-19)24(28)20-14-21(25)23-22(15-20)30-10-5-11-31-23/h2-4,6-7,14-15,18H,5,8-13,16-17H2,1H3. The predicted octanol–water partition coefficient (Wildman–Crippen LogP) is 3.86. The quantitative estimate of drug-likeness (QED) is 0.677. The molecule has 1 saturated heterocycles. The molecule has 1 amide bonds. The molecule has 2 aromatic rings. The first-order valence-corrected chi connectivity index (χ1v) is 11.2. The summed E-state index contributed by atoms with van der Waals surface area (Å²) in [6.45, 7) is 7.74. The van der Waals surface area contributed by atoms with Crippen LogP contribution in [0, 0.1) is 0 Å². The van der Waals surface area contributed by atoms with Gasteiger partial charge in [-0.3, -0.25) is 9.69 Å². The number of nitrogens with zero attached hydrogens (tertiary/aromatic N) is 2. The molecule has 0 saturated carbocycles. The Morgan fingerprint density at radius 1 is 1.10 bits per heavy atom. The third kappa shape index (κ3) is 5.50. The summed E-state index contributed by atoms with van der Waals surface area (Å²) in [5.41, 5.74) is 1.60. The number of amides is 1. The second kappa shape index (κ2) is 10.4. The van der Waals surface area contributed by atoms with Gasteiger partial charge >= 0.3 is 0 Å². The van der Waals surface area contributed by atoms with E-state index in [0.717, 1.165) is 44.8 Å². The van der Waals surface area contributed by atoms with Crippen LogP contribution in [0.25, 0.3) is 0 Å². The number of halogens is 1. The first-order chi connectivity index (χ1) is 15.1. The topological polar surface area (TPSA) is 51.2 Å². The van der Waals surface area contributed by atoms with Crippen LogP contribution in [0.3, 0.4) is 0 Å². The number of carbonyl (C=O) groups excluding carboxylic acids is 1. The van der Waals surface area contributed by atoms with E-state index in [9.17, 15) is 4.79 Å². The van der Waals surface area contributed by atoms with Gasteiger partial charge in [0.1, 0.15) is 0 Å². The van der Waals surface area contributed by atoms with Crippen LogP contribution in [-0.4, -0.2) is 67.8 Å². The van der Waals surface area contributed by atoms with Crippen molar-refractivity contribution in [2.75, 3.05) is 46.1 Å². The zero-order valence-corrected chi connectivity index (χ0v) is 18.6. The summed E-state index contributed by atoms with van der Waals surface area (Å²) in [5, 5.41) is 0.406. The molecule has 0 radical (unpaired) electrons. The van der Waals surface area contributed by atoms with E-state index >= 15 is 0 Å². The zero-order valence-electron chi connectivity index (χ0n) is 17.9. The molecule has 2 aliphatic heterocycles. The lowest BCUT2D eigenvalue weighted by molar-refractivity contribution is 0.0228. The van der Waals surface area contributed by atoms with E-state index in [1.807, 2.05) is 35.2 Å². The SMILES string of the molecule is CC(CN1CCOCC1)N(Cc1ccccc1)C(=O)c1cc(Cl)c2c(c1)OCCCO2. The lowest BCUT2D eigenvalue weighted by Gasteiger charge is -2.35. The smallest absolute Gasteiger partial charge is 0.254 e. The van der Waals surface area contributed by atoms with Crippen LogP contribution in [0.2, 0.25) is 5.02 Å². The van der Waals surface area contributed by atoms with Gasteiger partial charge in [-0.15, -0.1) is 0 Å². The van der Waals surface area contributed by atoms with Crippen molar-refractivity contribution in [1.82, 2.24) is 9.80 Å². The van der Waals surface area contributed by atoms with E-state index in [1.54, 1.807) is 12.1 Å². The minimum Gasteiger partial charge on any atom is -0.489 e. The summed E-state index contributed by atoms with van der Waals surface area (Å²) in [5.74, 6) is 0.989. The van der Waals surface area contributed by atoms with E-state index in [2.05, 4.69) is 11.8 Å². The van der Waals surface area contributed by atoms with Gasteiger partial charge in [-0.05, 0) is 24.6 Å². The highest BCUT2D eigenvalue weighted by Crippen LogP contribution is 2.38. The molecule has 0 aliphatic carbocycles. The molecule has 31 heavy (non-hydrogen) atoms. The largest absolute Gasteiger partial charge is 0.489 e. The van der Waals surface area contributed by atoms with E-state index < -0.39 is 0 Å². The second-order valence-electron chi connectivity index (χ2n) is 8.02. The number of carbonyl (C=O) groups is 1. The Morgan fingerprint density at radius 3 is 2.61 bits per heavy atom. The van der Waals surface area contributed by atoms with E-state index in [1.165, 1.54) is 0 Å². The Bertz CT molecular complexity index is 887. The molecule has 166 valence electrons. The average molecular weight is 445 g/mol. The van der Waals surface area contributed by atoms with Crippen molar-refractivity contribution in [2.24, 2.45) is 0 Å². The number of morpholine rings is 1. The third-order valence-electron chi connectivity index (χ3n) is 5.66. The number of hydrogen-bond acceptors (Lipinski definition) is 5. The van der Waals surface area contributed by atoms with Gasteiger partial charge in [0.05, 0.1) is 31.5 Å². The zero-order chi connectivity index (χ0) is 21.6. The van der Waals surface area contributed by atoms with Crippen LogP contribution in [0.1, 0.15) is 29.3 Å². The van der Waals surface area contributed by atoms with Crippen molar-refractivity contribution in [3.63, 3.8) is 0 Å². The molecule has 1 fully saturated rings. The van der Waals surface area contributed by atoms with Crippen molar-refractivity contribution < 1.29 is 19.0 Å². The molecule has 6 nitrogen and oxygen atoms in total. The summed E-state index contributed by atoms with van der Waals surface area (Å²) in [6.07, 6.45) is 0.783. The molecule has 2 aromatic carbocycles. The normalized spacial score (nSPS) is 17.6. The summed E-state index contributed by atoms with van der Waals surface area (Å²) < 4.78 is 17.0. The van der Waals surface area contributed by atoms with Gasteiger partial charge in [0, 0.05) is 44.2 Å². The van der Waals surface area contributed by atoms with Crippen molar-refractivity contribution in [1.29, 1.82) is 0 Å². The summed E-state index contributed by atoms with van der Waals surface area (Å²) in [7, 11) is 0. The molecule has 1 atom stereocenters. The maximum absolute atomic E-state index is 13.7. The molecule has 0 bridgehead atoms. The predicted molar refractivity (Wildman–Crippen MR) is 120 cm³/mol. The Morgan fingerprint density at radius 2 is 1.84 bits per heavy atom. The fourth-order valence-electron chi connectivity index (χ4n) is 3.98. The van der Waals surface area contributed by atoms with Crippen LogP contribution in [-0.2, 0) is 11.3 Å². The van der Waals surface area contributed by atoms with Crippen molar-refractivity contribution in [2.45, 2.75) is 25.9 Å². The number of fused-ring (bicyclic) bond motifs is 1. The summed E-state index contributed by atoms with van der Waals surface area (Å²) >= 11 is 6.47. The van der Waals surface area contributed by atoms with Crippen LogP contribution >= 0.6 is 11.6 Å². The third-order valence-corrected chi connectivity index (χ3v) is 5.94. The fourth-order valence-corrected chi connectivity index (χ4v) is 4.25. The number of benzene rings is 2. The Kier molecular flexibility index (Phi) is 7.33. The Labute approximate surface area is 188 Å². The highest BCUT2D eigenvalue weighted by molar-refractivity contribution is 6.32. The van der Waals surface area contributed by atoms with Gasteiger partial charge in [-0.25, -0.2) is 0 Å². The van der Waals surface area contributed by atoms with Crippen LogP contribution in [0.15, 0.2) is 42.5 Å². The highest BCUT2D eigenvalue weighted by Gasteiger charge is 2.27. The molecule has 0 aromatic heterocycles. The molecule has 2 heterocycles. The van der Waals surface area contributed by atoms with Gasteiger partial charge in [0.25, 0.3) is 5.91 Å². The average Bonchev–Trinajstić information content (AvgIpc) is 3.04. The minimum atomic E-state index is -0.0674. The molecule has 0 spiro atoms. The lowest BCUT2D eigenvalue weighted by Crippen LogP contribution is -2.48. The number of rotatable bonds is 6. The van der Waals surface area contributed by atoms with E-state index in [-0.39, 0.29) is 11.9 Å². The van der Waals surface area contributed by atoms with Crippen LogP contribution in [0.5, 0.6) is 11.5 Å². The van der Waals surface area contributed by atoms with Crippen molar-refractivity contribution >= 4 is 17.5 Å². The molecule has 1 unspecified atom stereocenters. The second-order valence-corrected chi connectivity index (χ2v) is 8.42. The molecular formula is C24H29ClN2O4. The molecular weight excluding hydrogens is 416 g/mol. The molecule has 7 heteroatoms. The monoisotopic (exact) mass is 444 g/mol. The van der Waals surface area contributed by atoms with Gasteiger partial charge in [-0.1, -0.05) is 41.9 Å². The first-order valence-electron chi connectivity index (χ1n) is 10.9. The summed E-state index contributed by atoms with van der Waals surface area (Å²) in [4.78, 5) is 17.9. The van der Waals surface area contributed by atoms with Gasteiger partial charge < -0.3 is 19.1 Å². The van der Waals surface area contributed by atoms with Crippen LogP contribution in [0.4, 0.5) is 0 Å². The molecule has 0 N–H and O–H groups in total. The molecule has 4 rings (SSSR count). The fraction of sp³-hybridized carbons (Fsp3) is 0.458. The Balaban J connectivity index is 1.59. The van der Waals surface area contributed by atoms with Crippen LogP contribution < -0.4 is 9.47 Å². The first kappa shape index (κ1) is 21.9. The molecule has 2 aliphatic rings. The van der Waals surface area contributed by atoms with Gasteiger partial charge in [0.2, 0.25) is 0 Å². The Hall–Kier alpha value is -2.28.